The zero-order chi connectivity index (χ0) is 28.6. The Morgan fingerprint density at radius 2 is 1.85 bits per heavy atom. The topological polar surface area (TPSA) is 108 Å². The first-order valence-corrected chi connectivity index (χ1v) is 14.5. The number of carbonyl (C=O) groups is 2. The molecule has 218 valence electrons. The number of esters is 1. The third-order valence-corrected chi connectivity index (χ3v) is 6.45. The van der Waals surface area contributed by atoms with Gasteiger partial charge in [-0.25, -0.2) is 0 Å². The lowest BCUT2D eigenvalue weighted by molar-refractivity contribution is -0.757. The van der Waals surface area contributed by atoms with E-state index in [1.165, 1.54) is 31.2 Å². The van der Waals surface area contributed by atoms with Crippen LogP contribution in [0.2, 0.25) is 0 Å². The third kappa shape index (κ3) is 19.5. The van der Waals surface area contributed by atoms with E-state index in [4.69, 9.17) is 4.74 Å². The minimum Gasteiger partial charge on any atom is -0.458 e. The second-order valence-electron chi connectivity index (χ2n) is 9.76. The van der Waals surface area contributed by atoms with Crippen LogP contribution in [0.5, 0.6) is 0 Å². The maximum atomic E-state index is 12.2. The number of carbonyl (C=O) groups excluding carboxylic acids is 2. The Balaban J connectivity index is 0.000000584. The minimum absolute atomic E-state index is 0.0753. The number of allylic oxidation sites excluding steroid dienone is 3. The molecule has 1 N–H and O–H groups in total. The van der Waals surface area contributed by atoms with E-state index in [1.54, 1.807) is 0 Å². The molecule has 0 radical (unpaired) electrons. The van der Waals surface area contributed by atoms with Crippen LogP contribution in [0.15, 0.2) is 54.6 Å². The van der Waals surface area contributed by atoms with E-state index < -0.39 is 5.09 Å². The quantitative estimate of drug-likeness (QED) is 0.0707. The Labute approximate surface area is 234 Å². The third-order valence-electron chi connectivity index (χ3n) is 6.45. The Morgan fingerprint density at radius 1 is 1.10 bits per heavy atom. The molecule has 1 atom stereocenters. The van der Waals surface area contributed by atoms with Crippen LogP contribution in [0.25, 0.3) is 0 Å². The highest BCUT2D eigenvalue weighted by Crippen LogP contribution is 2.26. The average Bonchev–Trinajstić information content (AvgIpc) is 3.45. The predicted molar refractivity (Wildman–Crippen MR) is 155 cm³/mol. The molecule has 1 fully saturated rings. The lowest BCUT2D eigenvalue weighted by Gasteiger charge is -2.15. The summed E-state index contributed by atoms with van der Waals surface area (Å²) in [4.78, 5) is 37.4. The van der Waals surface area contributed by atoms with Crippen molar-refractivity contribution in [2.24, 2.45) is 5.92 Å². The smallest absolute Gasteiger partial charge is 0.306 e. The summed E-state index contributed by atoms with van der Waals surface area (Å²) in [5, 5.41) is 12.1. The van der Waals surface area contributed by atoms with Crippen molar-refractivity contribution in [2.45, 2.75) is 103 Å². The van der Waals surface area contributed by atoms with Crippen molar-refractivity contribution < 1.29 is 24.3 Å². The van der Waals surface area contributed by atoms with Gasteiger partial charge in [0, 0.05) is 19.4 Å². The van der Waals surface area contributed by atoms with Gasteiger partial charge < -0.3 is 14.9 Å². The molecule has 1 unspecified atom stereocenters. The van der Waals surface area contributed by atoms with Gasteiger partial charge in [-0.1, -0.05) is 67.8 Å². The van der Waals surface area contributed by atoms with E-state index in [9.17, 15) is 19.7 Å². The molecule has 0 aromatic heterocycles. The zero-order valence-corrected chi connectivity index (χ0v) is 23.9. The molecule has 0 bridgehead atoms. The Kier molecular flexibility index (Phi) is 19.8. The molecule has 0 spiro atoms. The molecule has 1 amide bonds. The van der Waals surface area contributed by atoms with Gasteiger partial charge in [0.2, 0.25) is 5.91 Å². The van der Waals surface area contributed by atoms with Gasteiger partial charge in [0.25, 0.3) is 5.09 Å². The standard InChI is InChI=1S/C22H31NO5.C9H17NO/c24-22(13-5-2-8-18-27-23(25)26)28-21(17-15-20-11-6-7-12-20)16-14-19-9-3-1-4-10-19;1-3-5-6-7-8-9(11)10-4-2/h1,3-4,9-10,15,17,20-21H,2,5-8,11-14,16,18H2;3,5H,4,6-8H2,1-2H3,(H,10,11)/b17-15+;5-3+. The van der Waals surface area contributed by atoms with Gasteiger partial charge in [-0.3, -0.25) is 9.59 Å². The van der Waals surface area contributed by atoms with Crippen LogP contribution in [-0.2, 0) is 25.6 Å². The summed E-state index contributed by atoms with van der Waals surface area (Å²) in [6, 6.07) is 10.2. The fourth-order valence-corrected chi connectivity index (χ4v) is 4.33. The molecule has 39 heavy (non-hydrogen) atoms. The van der Waals surface area contributed by atoms with Crippen molar-refractivity contribution in [3.8, 4) is 0 Å². The summed E-state index contributed by atoms with van der Waals surface area (Å²) in [6.45, 7) is 4.74. The van der Waals surface area contributed by atoms with E-state index in [1.807, 2.05) is 38.1 Å². The summed E-state index contributed by atoms with van der Waals surface area (Å²) in [7, 11) is 0. The summed E-state index contributed by atoms with van der Waals surface area (Å²) in [5.41, 5.74) is 1.24. The normalized spacial score (nSPS) is 14.1. The largest absolute Gasteiger partial charge is 0.458 e. The molecule has 0 aliphatic heterocycles. The molecule has 1 aromatic rings. The first-order chi connectivity index (χ1) is 18.9. The highest BCUT2D eigenvalue weighted by molar-refractivity contribution is 5.75. The lowest BCUT2D eigenvalue weighted by atomic mass is 10.0. The van der Waals surface area contributed by atoms with Crippen LogP contribution in [-0.4, -0.2) is 36.2 Å². The first-order valence-electron chi connectivity index (χ1n) is 14.5. The molecule has 1 aromatic carbocycles. The second-order valence-corrected chi connectivity index (χ2v) is 9.76. The number of unbranched alkanes of at least 4 members (excludes halogenated alkanes) is 3. The van der Waals surface area contributed by atoms with Crippen LogP contribution in [0, 0.1) is 16.0 Å². The van der Waals surface area contributed by atoms with E-state index in [2.05, 4.69) is 40.5 Å². The SMILES string of the molecule is C/C=C/CCCC(=O)NCC.O=C(CCCCCO[N+](=O)[O-])OC(/C=C/C1CCCC1)CCc1ccccc1. The lowest BCUT2D eigenvalue weighted by Crippen LogP contribution is -2.21. The number of benzene rings is 1. The van der Waals surface area contributed by atoms with Gasteiger partial charge in [0.05, 0.1) is 6.61 Å². The maximum absolute atomic E-state index is 12.2. The molecular weight excluding hydrogens is 496 g/mol. The summed E-state index contributed by atoms with van der Waals surface area (Å²) in [6.07, 6.45) is 19.7. The van der Waals surface area contributed by atoms with Crippen molar-refractivity contribution in [2.75, 3.05) is 13.2 Å². The van der Waals surface area contributed by atoms with Crippen LogP contribution in [0.4, 0.5) is 0 Å². The molecule has 1 aliphatic rings. The minimum atomic E-state index is -0.789. The van der Waals surface area contributed by atoms with Crippen LogP contribution < -0.4 is 5.32 Å². The number of rotatable bonds is 18. The van der Waals surface area contributed by atoms with Crippen molar-refractivity contribution >= 4 is 11.9 Å². The number of nitrogens with one attached hydrogen (secondary N) is 1. The van der Waals surface area contributed by atoms with E-state index in [0.717, 1.165) is 32.2 Å². The molecule has 2 rings (SSSR count). The van der Waals surface area contributed by atoms with Crippen molar-refractivity contribution in [3.05, 3.63) is 70.3 Å². The van der Waals surface area contributed by atoms with E-state index in [0.29, 0.717) is 38.0 Å². The number of nitrogens with zero attached hydrogens (tertiary/aromatic N) is 1. The van der Waals surface area contributed by atoms with Gasteiger partial charge in [-0.2, -0.15) is 0 Å². The maximum Gasteiger partial charge on any atom is 0.306 e. The van der Waals surface area contributed by atoms with E-state index in [-0.39, 0.29) is 24.6 Å². The van der Waals surface area contributed by atoms with Crippen LogP contribution in [0.1, 0.15) is 96.5 Å². The summed E-state index contributed by atoms with van der Waals surface area (Å²) in [5.74, 6) is 0.570. The van der Waals surface area contributed by atoms with Gasteiger partial charge in [-0.05, 0) is 82.8 Å². The molecule has 0 saturated heterocycles. The Morgan fingerprint density at radius 3 is 2.51 bits per heavy atom. The fourth-order valence-electron chi connectivity index (χ4n) is 4.33. The monoisotopic (exact) mass is 544 g/mol. The van der Waals surface area contributed by atoms with E-state index >= 15 is 0 Å². The molecule has 0 heterocycles. The molecule has 1 saturated carbocycles. The second kappa shape index (κ2) is 22.8. The molecule has 1 aliphatic carbocycles. The van der Waals surface area contributed by atoms with Gasteiger partial charge in [-0.15, -0.1) is 10.1 Å². The highest BCUT2D eigenvalue weighted by Gasteiger charge is 2.15. The van der Waals surface area contributed by atoms with Crippen molar-refractivity contribution in [1.29, 1.82) is 0 Å². The molecular formula is C31H48N2O6. The summed E-state index contributed by atoms with van der Waals surface area (Å²) < 4.78 is 5.71. The number of ether oxygens (including phenoxy) is 1. The molecule has 8 nitrogen and oxygen atoms in total. The molecule has 8 heteroatoms. The van der Waals surface area contributed by atoms with Gasteiger partial charge in [0.15, 0.2) is 0 Å². The van der Waals surface area contributed by atoms with Crippen LogP contribution >= 0.6 is 0 Å². The Hall–Kier alpha value is -3.16. The fraction of sp³-hybridized carbons (Fsp3) is 0.613. The summed E-state index contributed by atoms with van der Waals surface area (Å²) >= 11 is 0. The van der Waals surface area contributed by atoms with Crippen molar-refractivity contribution in [3.63, 3.8) is 0 Å². The predicted octanol–water partition coefficient (Wildman–Crippen LogP) is 6.92. The first kappa shape index (κ1) is 33.9. The number of hydrogen-bond acceptors (Lipinski definition) is 6. The average molecular weight is 545 g/mol. The zero-order valence-electron chi connectivity index (χ0n) is 23.9. The highest BCUT2D eigenvalue weighted by atomic mass is 16.9. The van der Waals surface area contributed by atoms with Crippen molar-refractivity contribution in [1.82, 2.24) is 5.32 Å². The van der Waals surface area contributed by atoms with Crippen LogP contribution in [0.3, 0.4) is 0 Å². The Bertz CT molecular complexity index is 850. The number of hydrogen-bond donors (Lipinski definition) is 1. The number of amides is 1. The number of aryl methyl sites for hydroxylation is 1. The van der Waals surface area contributed by atoms with Gasteiger partial charge >= 0.3 is 5.97 Å². The van der Waals surface area contributed by atoms with Gasteiger partial charge in [0.1, 0.15) is 6.10 Å².